The Morgan fingerprint density at radius 1 is 1.00 bits per heavy atom. The van der Waals surface area contributed by atoms with Crippen LogP contribution in [0.1, 0.15) is 49.3 Å². The number of aryl methyl sites for hydroxylation is 1. The zero-order valence-electron chi connectivity index (χ0n) is 22.6. The van der Waals surface area contributed by atoms with Crippen LogP contribution < -0.4 is 14.2 Å². The molecule has 0 saturated heterocycles. The number of thiophene rings is 1. The van der Waals surface area contributed by atoms with Gasteiger partial charge in [0.15, 0.2) is 11.5 Å². The lowest BCUT2D eigenvalue weighted by atomic mass is 9.90. The Morgan fingerprint density at radius 3 is 2.38 bits per heavy atom. The number of benzene rings is 2. The molecule has 0 amide bonds. The number of rotatable bonds is 9. The molecule has 204 valence electrons. The number of esters is 1. The molecule has 8 nitrogen and oxygen atoms in total. The minimum Gasteiger partial charge on any atom is -0.493 e. The third kappa shape index (κ3) is 5.24. The molecule has 2 aromatic heterocycles. The molecule has 1 aliphatic heterocycles. The molecule has 0 saturated carbocycles. The Labute approximate surface area is 235 Å². The summed E-state index contributed by atoms with van der Waals surface area (Å²) in [4.78, 5) is 13.9. The number of aliphatic hydroxyl groups is 1. The van der Waals surface area contributed by atoms with E-state index in [2.05, 4.69) is 8.75 Å². The molecule has 39 heavy (non-hydrogen) atoms. The fraction of sp³-hybridized carbons (Fsp3) is 0.345. The summed E-state index contributed by atoms with van der Waals surface area (Å²) < 4.78 is 32.2. The van der Waals surface area contributed by atoms with Crippen molar-refractivity contribution in [1.82, 2.24) is 8.75 Å². The number of aromatic nitrogens is 2. The van der Waals surface area contributed by atoms with E-state index >= 15 is 0 Å². The maximum atomic E-state index is 13.4. The molecular formula is C29H30N2O6S2. The summed E-state index contributed by atoms with van der Waals surface area (Å²) in [5.41, 5.74) is 4.45. The van der Waals surface area contributed by atoms with E-state index in [1.54, 1.807) is 19.2 Å². The lowest BCUT2D eigenvalue weighted by molar-refractivity contribution is -0.184. The van der Waals surface area contributed by atoms with Gasteiger partial charge < -0.3 is 24.1 Å². The second-order valence-electron chi connectivity index (χ2n) is 9.98. The lowest BCUT2D eigenvalue weighted by Gasteiger charge is -2.25. The standard InChI is InChI=1S/C29H30N2O6S2/c1-15(2)35-24-12-18(11-23(34-6)27(24)36-16(3)4)10-20-26(19-7-8-21-22(13-19)31-39-30-21)28(32)37-29(20,33)25-9-17(5)14-38-25/h7-9,11-16,33H,10H2,1-6H3. The summed E-state index contributed by atoms with van der Waals surface area (Å²) in [5.74, 6) is -1.02. The van der Waals surface area contributed by atoms with Crippen LogP contribution in [0.2, 0.25) is 0 Å². The summed E-state index contributed by atoms with van der Waals surface area (Å²) >= 11 is 2.44. The molecule has 0 aliphatic carbocycles. The molecule has 2 aromatic carbocycles. The van der Waals surface area contributed by atoms with Crippen molar-refractivity contribution in [3.63, 3.8) is 0 Å². The zero-order chi connectivity index (χ0) is 27.9. The van der Waals surface area contributed by atoms with Crippen molar-refractivity contribution < 1.29 is 28.8 Å². The predicted octanol–water partition coefficient (Wildman–Crippen LogP) is 6.04. The van der Waals surface area contributed by atoms with Gasteiger partial charge in [-0.05, 0) is 87.0 Å². The molecule has 10 heteroatoms. The van der Waals surface area contributed by atoms with Crippen molar-refractivity contribution in [3.8, 4) is 17.2 Å². The van der Waals surface area contributed by atoms with E-state index in [0.717, 1.165) is 28.4 Å². The predicted molar refractivity (Wildman–Crippen MR) is 152 cm³/mol. The van der Waals surface area contributed by atoms with Crippen molar-refractivity contribution in [2.75, 3.05) is 7.11 Å². The highest BCUT2D eigenvalue weighted by Crippen LogP contribution is 2.48. The Balaban J connectivity index is 1.69. The molecule has 3 heterocycles. The second-order valence-corrected chi connectivity index (χ2v) is 11.4. The molecule has 4 aromatic rings. The quantitative estimate of drug-likeness (QED) is 0.245. The molecular weight excluding hydrogens is 536 g/mol. The van der Waals surface area contributed by atoms with Crippen molar-refractivity contribution in [2.24, 2.45) is 0 Å². The number of carbonyl (C=O) groups is 1. The topological polar surface area (TPSA) is 100 Å². The van der Waals surface area contributed by atoms with Gasteiger partial charge in [-0.25, -0.2) is 4.79 Å². The largest absolute Gasteiger partial charge is 0.493 e. The summed E-state index contributed by atoms with van der Waals surface area (Å²) in [7, 11) is 1.57. The smallest absolute Gasteiger partial charge is 0.342 e. The molecule has 5 rings (SSSR count). The van der Waals surface area contributed by atoms with E-state index in [0.29, 0.717) is 44.4 Å². The molecule has 1 N–H and O–H groups in total. The maximum absolute atomic E-state index is 13.4. The van der Waals surface area contributed by atoms with Gasteiger partial charge in [-0.15, -0.1) is 11.3 Å². The number of ether oxygens (including phenoxy) is 4. The van der Waals surface area contributed by atoms with Gasteiger partial charge in [-0.1, -0.05) is 6.07 Å². The highest BCUT2D eigenvalue weighted by Gasteiger charge is 2.49. The molecule has 1 atom stereocenters. The van der Waals surface area contributed by atoms with Crippen LogP contribution in [0.25, 0.3) is 16.6 Å². The van der Waals surface area contributed by atoms with E-state index in [-0.39, 0.29) is 18.6 Å². The molecule has 0 bridgehead atoms. The third-order valence-corrected chi connectivity index (χ3v) is 7.85. The van der Waals surface area contributed by atoms with Crippen LogP contribution in [0, 0.1) is 6.92 Å². The van der Waals surface area contributed by atoms with E-state index in [1.807, 2.05) is 64.3 Å². The summed E-state index contributed by atoms with van der Waals surface area (Å²) in [6, 6.07) is 11.0. The van der Waals surface area contributed by atoms with Gasteiger partial charge in [-0.3, -0.25) is 0 Å². The number of hydrogen-bond donors (Lipinski definition) is 1. The fourth-order valence-electron chi connectivity index (χ4n) is 4.57. The molecule has 0 fully saturated rings. The van der Waals surface area contributed by atoms with E-state index in [9.17, 15) is 9.90 Å². The van der Waals surface area contributed by atoms with Crippen LogP contribution in [-0.4, -0.2) is 39.1 Å². The third-order valence-electron chi connectivity index (χ3n) is 6.16. The average Bonchev–Trinajstić information content (AvgIpc) is 3.58. The first-order valence-corrected chi connectivity index (χ1v) is 14.2. The van der Waals surface area contributed by atoms with Gasteiger partial charge in [0.25, 0.3) is 5.79 Å². The highest BCUT2D eigenvalue weighted by atomic mass is 32.1. The van der Waals surface area contributed by atoms with Crippen LogP contribution >= 0.6 is 23.1 Å². The monoisotopic (exact) mass is 566 g/mol. The SMILES string of the molecule is COc1cc(CC2=C(c3ccc4nsnc4c3)C(=O)OC2(O)c2cc(C)cs2)cc(OC(C)C)c1OC(C)C. The molecule has 0 spiro atoms. The van der Waals surface area contributed by atoms with Crippen molar-refractivity contribution in [2.45, 2.75) is 59.0 Å². The first kappa shape index (κ1) is 27.1. The van der Waals surface area contributed by atoms with Crippen molar-refractivity contribution in [3.05, 3.63) is 68.9 Å². The van der Waals surface area contributed by atoms with Gasteiger partial charge >= 0.3 is 5.97 Å². The number of nitrogens with zero attached hydrogens (tertiary/aromatic N) is 2. The molecule has 1 aliphatic rings. The fourth-order valence-corrected chi connectivity index (χ4v) is 6.04. The first-order valence-electron chi connectivity index (χ1n) is 12.6. The van der Waals surface area contributed by atoms with Gasteiger partial charge in [0.05, 0.1) is 41.5 Å². The number of fused-ring (bicyclic) bond motifs is 1. The van der Waals surface area contributed by atoms with E-state index < -0.39 is 11.8 Å². The Kier molecular flexibility index (Phi) is 7.37. The Hall–Kier alpha value is -3.47. The van der Waals surface area contributed by atoms with Crippen LogP contribution in [-0.2, 0) is 21.7 Å². The van der Waals surface area contributed by atoms with Gasteiger partial charge in [0, 0.05) is 12.0 Å². The number of cyclic esters (lactones) is 1. The van der Waals surface area contributed by atoms with Crippen LogP contribution in [0.4, 0.5) is 0 Å². The van der Waals surface area contributed by atoms with Crippen LogP contribution in [0.5, 0.6) is 17.2 Å². The number of hydrogen-bond acceptors (Lipinski definition) is 10. The van der Waals surface area contributed by atoms with Crippen molar-refractivity contribution >= 4 is 45.6 Å². The minimum atomic E-state index is -1.93. The van der Waals surface area contributed by atoms with Gasteiger partial charge in [0.1, 0.15) is 11.0 Å². The van der Waals surface area contributed by atoms with E-state index in [4.69, 9.17) is 18.9 Å². The van der Waals surface area contributed by atoms with Gasteiger partial charge in [-0.2, -0.15) is 8.75 Å². The first-order chi connectivity index (χ1) is 18.6. The minimum absolute atomic E-state index is 0.100. The lowest BCUT2D eigenvalue weighted by Crippen LogP contribution is -2.28. The summed E-state index contributed by atoms with van der Waals surface area (Å²) in [5, 5.41) is 13.9. The molecule has 0 radical (unpaired) electrons. The summed E-state index contributed by atoms with van der Waals surface area (Å²) in [6.45, 7) is 9.67. The van der Waals surface area contributed by atoms with Crippen LogP contribution in [0.3, 0.4) is 0 Å². The Morgan fingerprint density at radius 2 is 1.72 bits per heavy atom. The highest BCUT2D eigenvalue weighted by molar-refractivity contribution is 7.10. The average molecular weight is 567 g/mol. The summed E-state index contributed by atoms with van der Waals surface area (Å²) in [6.07, 6.45) is -0.0268. The second kappa shape index (κ2) is 10.6. The Bertz CT molecular complexity index is 1570. The molecule has 1 unspecified atom stereocenters. The van der Waals surface area contributed by atoms with Gasteiger partial charge in [0.2, 0.25) is 5.75 Å². The van der Waals surface area contributed by atoms with Crippen molar-refractivity contribution in [1.29, 1.82) is 0 Å². The van der Waals surface area contributed by atoms with E-state index in [1.165, 1.54) is 11.3 Å². The number of methoxy groups -OCH3 is 1. The van der Waals surface area contributed by atoms with Crippen LogP contribution in [0.15, 0.2) is 47.4 Å². The number of carbonyl (C=O) groups excluding carboxylic acids is 1. The maximum Gasteiger partial charge on any atom is 0.342 e. The zero-order valence-corrected chi connectivity index (χ0v) is 24.2. The normalized spacial score (nSPS) is 17.4.